The molecule has 100 valence electrons. The summed E-state index contributed by atoms with van der Waals surface area (Å²) in [4.78, 5) is 13.3. The maximum Gasteiger partial charge on any atom is 0.325 e. The van der Waals surface area contributed by atoms with Gasteiger partial charge in [-0.15, -0.1) is 0 Å². The molecule has 0 aromatic heterocycles. The van der Waals surface area contributed by atoms with Gasteiger partial charge in [-0.3, -0.25) is 9.69 Å². The molecular weight excluding hydrogens is 298 g/mol. The van der Waals surface area contributed by atoms with Gasteiger partial charge in [-0.2, -0.15) is 0 Å². The fraction of sp³-hybridized carbons (Fsp3) is 0.462. The molecule has 0 saturated heterocycles. The van der Waals surface area contributed by atoms with Gasteiger partial charge < -0.3 is 9.84 Å². The fourth-order valence-electron chi connectivity index (χ4n) is 1.95. The first-order valence-electron chi connectivity index (χ1n) is 5.85. The molecule has 0 heterocycles. The van der Waals surface area contributed by atoms with E-state index in [-0.39, 0.29) is 0 Å². The lowest BCUT2D eigenvalue weighted by Crippen LogP contribution is -2.33. The largest absolute Gasteiger partial charge is 0.496 e. The number of ether oxygens (including phenoxy) is 1. The van der Waals surface area contributed by atoms with E-state index >= 15 is 0 Å². The number of likely N-dealkylation sites (N-methyl/N-ethyl adjacent to an activating group) is 1. The quantitative estimate of drug-likeness (QED) is 0.877. The summed E-state index contributed by atoms with van der Waals surface area (Å²) >= 11 is 3.38. The second-order valence-electron chi connectivity index (χ2n) is 3.86. The van der Waals surface area contributed by atoms with E-state index in [1.54, 1.807) is 25.3 Å². The highest BCUT2D eigenvalue weighted by Gasteiger charge is 2.25. The highest BCUT2D eigenvalue weighted by Crippen LogP contribution is 2.30. The summed E-state index contributed by atoms with van der Waals surface area (Å²) in [5.41, 5.74) is 0.749. The van der Waals surface area contributed by atoms with Crippen molar-refractivity contribution < 1.29 is 14.6 Å². The van der Waals surface area contributed by atoms with Crippen LogP contribution in [-0.4, -0.2) is 36.2 Å². The van der Waals surface area contributed by atoms with E-state index in [9.17, 15) is 9.90 Å². The summed E-state index contributed by atoms with van der Waals surface area (Å²) in [6, 6.07) is 4.75. The average molecular weight is 316 g/mol. The second-order valence-corrected chi connectivity index (χ2v) is 4.71. The van der Waals surface area contributed by atoms with Crippen molar-refractivity contribution in [3.8, 4) is 5.75 Å². The molecule has 0 saturated carbocycles. The fourth-order valence-corrected chi connectivity index (χ4v) is 2.51. The third-order valence-electron chi connectivity index (χ3n) is 2.90. The minimum absolute atomic E-state index is 0.623. The van der Waals surface area contributed by atoms with Crippen LogP contribution in [0.5, 0.6) is 5.75 Å². The molecule has 0 radical (unpaired) electrons. The van der Waals surface area contributed by atoms with Crippen molar-refractivity contribution in [2.75, 3.05) is 20.2 Å². The van der Waals surface area contributed by atoms with E-state index in [0.717, 1.165) is 10.0 Å². The SMILES string of the molecule is CCN(CC)C(C(=O)O)c1ccc(OC)c(Br)c1. The van der Waals surface area contributed by atoms with Crippen LogP contribution >= 0.6 is 15.9 Å². The lowest BCUT2D eigenvalue weighted by molar-refractivity contribution is -0.143. The van der Waals surface area contributed by atoms with E-state index in [4.69, 9.17) is 4.74 Å². The Bertz CT molecular complexity index is 419. The van der Waals surface area contributed by atoms with Crippen LogP contribution in [0.3, 0.4) is 0 Å². The Morgan fingerprint density at radius 2 is 2.06 bits per heavy atom. The molecule has 1 aromatic carbocycles. The average Bonchev–Trinajstić information content (AvgIpc) is 2.35. The number of benzene rings is 1. The number of hydrogen-bond donors (Lipinski definition) is 1. The van der Waals surface area contributed by atoms with Gasteiger partial charge in [0.25, 0.3) is 0 Å². The highest BCUT2D eigenvalue weighted by molar-refractivity contribution is 9.10. The lowest BCUT2D eigenvalue weighted by atomic mass is 10.1. The maximum atomic E-state index is 11.4. The van der Waals surface area contributed by atoms with Gasteiger partial charge in [0.05, 0.1) is 11.6 Å². The standard InChI is InChI=1S/C13H18BrNO3/c1-4-15(5-2)12(13(16)17)9-6-7-11(18-3)10(14)8-9/h6-8,12H,4-5H2,1-3H3,(H,16,17). The molecular formula is C13H18BrNO3. The first-order chi connectivity index (χ1) is 8.54. The Morgan fingerprint density at radius 1 is 1.44 bits per heavy atom. The summed E-state index contributed by atoms with van der Waals surface area (Å²) in [7, 11) is 1.58. The normalized spacial score (nSPS) is 12.5. The van der Waals surface area contributed by atoms with Crippen LogP contribution < -0.4 is 4.74 Å². The van der Waals surface area contributed by atoms with E-state index in [1.807, 2.05) is 18.7 Å². The van der Waals surface area contributed by atoms with E-state index < -0.39 is 12.0 Å². The Morgan fingerprint density at radius 3 is 2.44 bits per heavy atom. The van der Waals surface area contributed by atoms with Crippen LogP contribution in [0.2, 0.25) is 0 Å². The first kappa shape index (κ1) is 15.0. The van der Waals surface area contributed by atoms with Crippen LogP contribution in [-0.2, 0) is 4.79 Å². The first-order valence-corrected chi connectivity index (χ1v) is 6.64. The van der Waals surface area contributed by atoms with Crippen molar-refractivity contribution in [2.45, 2.75) is 19.9 Å². The number of nitrogens with zero attached hydrogens (tertiary/aromatic N) is 1. The molecule has 18 heavy (non-hydrogen) atoms. The Labute approximate surface area is 116 Å². The van der Waals surface area contributed by atoms with Crippen molar-refractivity contribution in [3.63, 3.8) is 0 Å². The Kier molecular flexibility index (Phi) is 5.62. The van der Waals surface area contributed by atoms with E-state index in [1.165, 1.54) is 0 Å². The molecule has 0 fully saturated rings. The summed E-state index contributed by atoms with van der Waals surface area (Å²) in [6.45, 7) is 5.30. The third-order valence-corrected chi connectivity index (χ3v) is 3.52. The van der Waals surface area contributed by atoms with Crippen molar-refractivity contribution >= 4 is 21.9 Å². The van der Waals surface area contributed by atoms with Gasteiger partial charge in [0.2, 0.25) is 0 Å². The van der Waals surface area contributed by atoms with Crippen LogP contribution in [0, 0.1) is 0 Å². The highest BCUT2D eigenvalue weighted by atomic mass is 79.9. The van der Waals surface area contributed by atoms with Crippen LogP contribution in [0.4, 0.5) is 0 Å². The molecule has 1 N–H and O–H groups in total. The molecule has 1 aromatic rings. The van der Waals surface area contributed by atoms with Gasteiger partial charge in [-0.05, 0) is 46.7 Å². The number of aliphatic carboxylic acids is 1. The number of carboxylic acids is 1. The number of carbonyl (C=O) groups is 1. The zero-order valence-electron chi connectivity index (χ0n) is 10.8. The Hall–Kier alpha value is -1.07. The number of halogens is 1. The lowest BCUT2D eigenvalue weighted by Gasteiger charge is -2.26. The predicted octanol–water partition coefficient (Wildman–Crippen LogP) is 2.93. The zero-order valence-corrected chi connectivity index (χ0v) is 12.4. The van der Waals surface area contributed by atoms with Crippen molar-refractivity contribution in [1.29, 1.82) is 0 Å². The van der Waals surface area contributed by atoms with Gasteiger partial charge in [0, 0.05) is 0 Å². The molecule has 1 rings (SSSR count). The maximum absolute atomic E-state index is 11.4. The van der Waals surface area contributed by atoms with E-state index in [2.05, 4.69) is 15.9 Å². The number of hydrogen-bond acceptors (Lipinski definition) is 3. The molecule has 5 heteroatoms. The summed E-state index contributed by atoms with van der Waals surface area (Å²) < 4.78 is 5.91. The summed E-state index contributed by atoms with van der Waals surface area (Å²) in [5.74, 6) is -0.141. The van der Waals surface area contributed by atoms with Crippen molar-refractivity contribution in [1.82, 2.24) is 4.90 Å². The predicted molar refractivity (Wildman–Crippen MR) is 74.0 cm³/mol. The molecule has 0 bridgehead atoms. The summed E-state index contributed by atoms with van der Waals surface area (Å²) in [6.07, 6.45) is 0. The van der Waals surface area contributed by atoms with Crippen molar-refractivity contribution in [2.24, 2.45) is 0 Å². The monoisotopic (exact) mass is 315 g/mol. The molecule has 4 nitrogen and oxygen atoms in total. The minimum atomic E-state index is -0.837. The minimum Gasteiger partial charge on any atom is -0.496 e. The van der Waals surface area contributed by atoms with Crippen molar-refractivity contribution in [3.05, 3.63) is 28.2 Å². The van der Waals surface area contributed by atoms with Crippen LogP contribution in [0.25, 0.3) is 0 Å². The van der Waals surface area contributed by atoms with Gasteiger partial charge in [0.1, 0.15) is 11.8 Å². The van der Waals surface area contributed by atoms with E-state index in [0.29, 0.717) is 18.8 Å². The van der Waals surface area contributed by atoms with Gasteiger partial charge >= 0.3 is 5.97 Å². The van der Waals surface area contributed by atoms with Crippen LogP contribution in [0.1, 0.15) is 25.5 Å². The third kappa shape index (κ3) is 3.23. The molecule has 1 atom stereocenters. The molecule has 1 unspecified atom stereocenters. The molecule has 0 amide bonds. The number of methoxy groups -OCH3 is 1. The zero-order chi connectivity index (χ0) is 13.7. The van der Waals surface area contributed by atoms with Crippen LogP contribution in [0.15, 0.2) is 22.7 Å². The number of rotatable bonds is 6. The van der Waals surface area contributed by atoms with Gasteiger partial charge in [-0.25, -0.2) is 0 Å². The topological polar surface area (TPSA) is 49.8 Å². The van der Waals surface area contributed by atoms with Gasteiger partial charge in [0.15, 0.2) is 0 Å². The second kappa shape index (κ2) is 6.75. The summed E-state index contributed by atoms with van der Waals surface area (Å²) in [5, 5.41) is 9.39. The molecule has 0 aliphatic carbocycles. The Balaban J connectivity index is 3.14. The smallest absolute Gasteiger partial charge is 0.325 e. The number of carboxylic acid groups (broad SMARTS) is 1. The van der Waals surface area contributed by atoms with Gasteiger partial charge in [-0.1, -0.05) is 19.9 Å². The molecule has 0 aliphatic rings. The molecule has 0 aliphatic heterocycles. The molecule has 0 spiro atoms.